The minimum atomic E-state index is -0.100. The minimum Gasteiger partial charge on any atom is -0.353 e. The van der Waals surface area contributed by atoms with Gasteiger partial charge in [0, 0.05) is 51.9 Å². The molecule has 2 fully saturated rings. The molecule has 27 heavy (non-hydrogen) atoms. The third kappa shape index (κ3) is 6.57. The van der Waals surface area contributed by atoms with Gasteiger partial charge in [0.15, 0.2) is 0 Å². The molecule has 0 bridgehead atoms. The highest BCUT2D eigenvalue weighted by Crippen LogP contribution is 2.14. The van der Waals surface area contributed by atoms with Gasteiger partial charge in [-0.05, 0) is 24.3 Å². The quantitative estimate of drug-likeness (QED) is 0.639. The van der Waals surface area contributed by atoms with Gasteiger partial charge in [0.25, 0.3) is 0 Å². The van der Waals surface area contributed by atoms with Gasteiger partial charge in [-0.3, -0.25) is 20.0 Å². The van der Waals surface area contributed by atoms with E-state index >= 15 is 0 Å². The number of carbonyl (C=O) groups is 1. The van der Waals surface area contributed by atoms with Crippen LogP contribution >= 0.6 is 0 Å². The molecule has 6 nitrogen and oxygen atoms in total. The van der Waals surface area contributed by atoms with Gasteiger partial charge in [-0.25, -0.2) is 5.43 Å². The molecule has 0 saturated carbocycles. The van der Waals surface area contributed by atoms with Gasteiger partial charge in [-0.1, -0.05) is 44.2 Å². The average Bonchev–Trinajstić information content (AvgIpc) is 3.12. The number of benzene rings is 1. The van der Waals surface area contributed by atoms with E-state index in [2.05, 4.69) is 70.1 Å². The summed E-state index contributed by atoms with van der Waals surface area (Å²) in [5.41, 5.74) is 7.78. The standard InChI is InChI=1S/C21H35N5O/c1-17(2)14-19-15-20(24-23-19)21(27)22-8-9-25-10-12-26(13-11-25)16-18-6-4-3-5-7-18/h3-7,17,19-20,23-24H,8-16H2,1-2H3,(H,22,27). The monoisotopic (exact) mass is 373 g/mol. The molecule has 0 radical (unpaired) electrons. The number of nitrogens with zero attached hydrogens (tertiary/aromatic N) is 2. The Morgan fingerprint density at radius 2 is 1.81 bits per heavy atom. The summed E-state index contributed by atoms with van der Waals surface area (Å²) in [5.74, 6) is 0.767. The molecule has 6 heteroatoms. The molecule has 0 aromatic heterocycles. The Hall–Kier alpha value is -1.47. The van der Waals surface area contributed by atoms with Crippen LogP contribution in [0.15, 0.2) is 30.3 Å². The Balaban J connectivity index is 1.29. The molecule has 3 rings (SSSR count). The van der Waals surface area contributed by atoms with E-state index in [1.165, 1.54) is 5.56 Å². The second-order valence-corrected chi connectivity index (χ2v) is 8.30. The van der Waals surface area contributed by atoms with E-state index < -0.39 is 0 Å². The van der Waals surface area contributed by atoms with Crippen molar-refractivity contribution in [3.8, 4) is 0 Å². The molecule has 2 heterocycles. The Labute approximate surface area is 163 Å². The fraction of sp³-hybridized carbons (Fsp3) is 0.667. The summed E-state index contributed by atoms with van der Waals surface area (Å²) in [5, 5.41) is 3.10. The topological polar surface area (TPSA) is 59.6 Å². The van der Waals surface area contributed by atoms with Gasteiger partial charge >= 0.3 is 0 Å². The van der Waals surface area contributed by atoms with Crippen LogP contribution in [0.1, 0.15) is 32.3 Å². The second-order valence-electron chi connectivity index (χ2n) is 8.30. The fourth-order valence-corrected chi connectivity index (χ4v) is 3.99. The van der Waals surface area contributed by atoms with Crippen LogP contribution in [0.3, 0.4) is 0 Å². The maximum atomic E-state index is 12.3. The van der Waals surface area contributed by atoms with E-state index in [1.54, 1.807) is 0 Å². The summed E-state index contributed by atoms with van der Waals surface area (Å²) in [4.78, 5) is 17.3. The van der Waals surface area contributed by atoms with Crippen molar-refractivity contribution >= 4 is 5.91 Å². The first-order valence-corrected chi connectivity index (χ1v) is 10.4. The molecular formula is C21H35N5O. The lowest BCUT2D eigenvalue weighted by Gasteiger charge is -2.34. The van der Waals surface area contributed by atoms with E-state index in [0.717, 1.165) is 58.7 Å². The first-order chi connectivity index (χ1) is 13.1. The van der Waals surface area contributed by atoms with Crippen LogP contribution < -0.4 is 16.2 Å². The third-order valence-corrected chi connectivity index (χ3v) is 5.50. The van der Waals surface area contributed by atoms with Gasteiger partial charge in [-0.2, -0.15) is 0 Å². The molecule has 1 aromatic rings. The van der Waals surface area contributed by atoms with Crippen molar-refractivity contribution in [3.63, 3.8) is 0 Å². The lowest BCUT2D eigenvalue weighted by Crippen LogP contribution is -2.49. The number of hydrazine groups is 1. The number of amides is 1. The number of hydrogen-bond donors (Lipinski definition) is 3. The van der Waals surface area contributed by atoms with Crippen molar-refractivity contribution in [1.82, 2.24) is 26.0 Å². The molecule has 150 valence electrons. The van der Waals surface area contributed by atoms with Gasteiger partial charge in [-0.15, -0.1) is 0 Å². The van der Waals surface area contributed by atoms with E-state index in [-0.39, 0.29) is 11.9 Å². The predicted octanol–water partition coefficient (Wildman–Crippen LogP) is 1.20. The van der Waals surface area contributed by atoms with Crippen molar-refractivity contribution in [3.05, 3.63) is 35.9 Å². The highest BCUT2D eigenvalue weighted by Gasteiger charge is 2.29. The number of rotatable bonds is 8. The molecule has 0 spiro atoms. The number of nitrogens with one attached hydrogen (secondary N) is 3. The molecule has 3 N–H and O–H groups in total. The summed E-state index contributed by atoms with van der Waals surface area (Å²) in [6, 6.07) is 11.0. The summed E-state index contributed by atoms with van der Waals surface area (Å²) in [7, 11) is 0. The van der Waals surface area contributed by atoms with Crippen molar-refractivity contribution in [2.45, 2.75) is 45.3 Å². The molecule has 2 saturated heterocycles. The Morgan fingerprint density at radius 3 is 2.52 bits per heavy atom. The van der Waals surface area contributed by atoms with Gasteiger partial charge in [0.1, 0.15) is 6.04 Å². The van der Waals surface area contributed by atoms with Crippen LogP contribution in [0, 0.1) is 5.92 Å². The average molecular weight is 374 g/mol. The highest BCUT2D eigenvalue weighted by molar-refractivity contribution is 5.82. The summed E-state index contributed by atoms with van der Waals surface area (Å²) >= 11 is 0. The van der Waals surface area contributed by atoms with Gasteiger partial charge in [0.05, 0.1) is 0 Å². The van der Waals surface area contributed by atoms with E-state index in [0.29, 0.717) is 12.0 Å². The Bertz CT molecular complexity index is 571. The number of hydrogen-bond acceptors (Lipinski definition) is 5. The van der Waals surface area contributed by atoms with Gasteiger partial charge < -0.3 is 5.32 Å². The maximum absolute atomic E-state index is 12.3. The predicted molar refractivity (Wildman–Crippen MR) is 109 cm³/mol. The zero-order valence-corrected chi connectivity index (χ0v) is 16.8. The Morgan fingerprint density at radius 1 is 1.11 bits per heavy atom. The zero-order valence-electron chi connectivity index (χ0n) is 16.8. The summed E-state index contributed by atoms with van der Waals surface area (Å²) < 4.78 is 0. The smallest absolute Gasteiger partial charge is 0.238 e. The van der Waals surface area contributed by atoms with Crippen LogP contribution in [0.25, 0.3) is 0 Å². The molecule has 1 aromatic carbocycles. The lowest BCUT2D eigenvalue weighted by molar-refractivity contribution is -0.122. The molecule has 2 aliphatic rings. The van der Waals surface area contributed by atoms with Crippen LogP contribution in [0.2, 0.25) is 0 Å². The largest absolute Gasteiger partial charge is 0.353 e. The molecule has 2 atom stereocenters. The van der Waals surface area contributed by atoms with Gasteiger partial charge in [0.2, 0.25) is 5.91 Å². The van der Waals surface area contributed by atoms with E-state index in [1.807, 2.05) is 0 Å². The Kier molecular flexibility index (Phi) is 7.64. The second kappa shape index (κ2) is 10.2. The first-order valence-electron chi connectivity index (χ1n) is 10.4. The number of piperazine rings is 1. The SMILES string of the molecule is CC(C)CC1CC(C(=O)NCCN2CCN(Cc3ccccc3)CC2)NN1. The molecule has 0 aliphatic carbocycles. The highest BCUT2D eigenvalue weighted by atomic mass is 16.2. The van der Waals surface area contributed by atoms with Crippen LogP contribution in [-0.4, -0.2) is 67.1 Å². The van der Waals surface area contributed by atoms with E-state index in [9.17, 15) is 4.79 Å². The minimum absolute atomic E-state index is 0.100. The summed E-state index contributed by atoms with van der Waals surface area (Å²) in [6.45, 7) is 11.4. The van der Waals surface area contributed by atoms with Crippen LogP contribution in [-0.2, 0) is 11.3 Å². The lowest BCUT2D eigenvalue weighted by atomic mass is 10.00. The van der Waals surface area contributed by atoms with Crippen molar-refractivity contribution < 1.29 is 4.79 Å². The third-order valence-electron chi connectivity index (χ3n) is 5.50. The normalized spacial score (nSPS) is 24.4. The zero-order chi connectivity index (χ0) is 19.1. The maximum Gasteiger partial charge on any atom is 0.238 e. The van der Waals surface area contributed by atoms with Crippen molar-refractivity contribution in [2.75, 3.05) is 39.3 Å². The molecular weight excluding hydrogens is 338 g/mol. The van der Waals surface area contributed by atoms with Crippen LogP contribution in [0.5, 0.6) is 0 Å². The fourth-order valence-electron chi connectivity index (χ4n) is 3.99. The van der Waals surface area contributed by atoms with E-state index in [4.69, 9.17) is 0 Å². The molecule has 2 unspecified atom stereocenters. The first kappa shape index (κ1) is 20.3. The van der Waals surface area contributed by atoms with Crippen LogP contribution in [0.4, 0.5) is 0 Å². The molecule has 2 aliphatic heterocycles. The molecule has 1 amide bonds. The summed E-state index contributed by atoms with van der Waals surface area (Å²) in [6.07, 6.45) is 1.98. The van der Waals surface area contributed by atoms with Crippen molar-refractivity contribution in [2.24, 2.45) is 5.92 Å². The van der Waals surface area contributed by atoms with Crippen molar-refractivity contribution in [1.29, 1.82) is 0 Å². The number of carbonyl (C=O) groups excluding carboxylic acids is 1.